The molecule has 0 aliphatic carbocycles. The zero-order valence-electron chi connectivity index (χ0n) is 6.31. The van der Waals surface area contributed by atoms with E-state index in [1.807, 2.05) is 0 Å². The van der Waals surface area contributed by atoms with Crippen LogP contribution >= 0.6 is 33.9 Å². The number of hydrogen-bond acceptors (Lipinski definition) is 2. The monoisotopic (exact) mass is 267 g/mol. The summed E-state index contributed by atoms with van der Waals surface area (Å²) in [5, 5.41) is 3.30. The Morgan fingerprint density at radius 3 is 2.30 bits per heavy atom. The molecule has 0 aliphatic heterocycles. The molecule has 0 unspecified atom stereocenters. The Balaban J connectivity index is 2.96. The van der Waals surface area contributed by atoms with Crippen molar-refractivity contribution in [1.82, 2.24) is 4.98 Å². The van der Waals surface area contributed by atoms with Gasteiger partial charge >= 0.3 is 0 Å². The molecule has 0 saturated heterocycles. The fourth-order valence-corrected chi connectivity index (χ4v) is 2.15. The maximum atomic E-state index is 4.39. The topological polar surface area (TPSA) is 12.9 Å². The van der Waals surface area contributed by atoms with Crippen LogP contribution in [0.15, 0.2) is 5.38 Å². The van der Waals surface area contributed by atoms with Crippen molar-refractivity contribution in [3.05, 3.63) is 14.1 Å². The van der Waals surface area contributed by atoms with Crippen LogP contribution in [-0.4, -0.2) is 4.98 Å². The van der Waals surface area contributed by atoms with Crippen molar-refractivity contribution in [3.8, 4) is 0 Å². The molecule has 0 aromatic carbocycles. The molecule has 0 radical (unpaired) electrons. The molecule has 0 fully saturated rings. The van der Waals surface area contributed by atoms with Crippen LogP contribution in [0.1, 0.15) is 25.8 Å². The van der Waals surface area contributed by atoms with Crippen LogP contribution in [0.5, 0.6) is 0 Å². The second-order valence-corrected chi connectivity index (χ2v) is 5.19. The molecule has 1 aromatic rings. The van der Waals surface area contributed by atoms with E-state index in [0.717, 1.165) is 3.70 Å². The van der Waals surface area contributed by atoms with Crippen molar-refractivity contribution in [2.24, 2.45) is 0 Å². The lowest BCUT2D eigenvalue weighted by molar-refractivity contribution is 0.584. The number of aromatic nitrogens is 1. The van der Waals surface area contributed by atoms with Gasteiger partial charge in [-0.1, -0.05) is 20.8 Å². The molecular weight excluding hydrogens is 257 g/mol. The van der Waals surface area contributed by atoms with Crippen molar-refractivity contribution in [3.63, 3.8) is 0 Å². The van der Waals surface area contributed by atoms with E-state index in [9.17, 15) is 0 Å². The summed E-state index contributed by atoms with van der Waals surface area (Å²) in [6, 6.07) is 0. The van der Waals surface area contributed by atoms with Gasteiger partial charge in [-0.3, -0.25) is 0 Å². The maximum absolute atomic E-state index is 4.39. The van der Waals surface area contributed by atoms with E-state index in [-0.39, 0.29) is 5.41 Å². The summed E-state index contributed by atoms with van der Waals surface area (Å²) in [5.41, 5.74) is 0.216. The van der Waals surface area contributed by atoms with Gasteiger partial charge in [0.1, 0.15) is 3.70 Å². The Kier molecular flexibility index (Phi) is 2.34. The Morgan fingerprint density at radius 2 is 2.10 bits per heavy atom. The van der Waals surface area contributed by atoms with E-state index in [2.05, 4.69) is 53.7 Å². The van der Waals surface area contributed by atoms with Crippen molar-refractivity contribution in [1.29, 1.82) is 0 Å². The van der Waals surface area contributed by atoms with Crippen molar-refractivity contribution >= 4 is 33.9 Å². The fraction of sp³-hybridized carbons (Fsp3) is 0.571. The summed E-state index contributed by atoms with van der Waals surface area (Å²) in [6.45, 7) is 6.55. The van der Waals surface area contributed by atoms with Crippen LogP contribution in [0.4, 0.5) is 0 Å². The first-order valence-electron chi connectivity index (χ1n) is 3.11. The Morgan fingerprint density at radius 1 is 1.50 bits per heavy atom. The van der Waals surface area contributed by atoms with E-state index in [1.165, 1.54) is 5.01 Å². The Hall–Kier alpha value is 0.360. The Labute approximate surface area is 79.0 Å². The second-order valence-electron chi connectivity index (χ2n) is 3.23. The van der Waals surface area contributed by atoms with Gasteiger partial charge in [0, 0.05) is 10.8 Å². The lowest BCUT2D eigenvalue weighted by Crippen LogP contribution is -2.10. The molecule has 0 amide bonds. The highest BCUT2D eigenvalue weighted by Gasteiger charge is 2.16. The average Bonchev–Trinajstić information content (AvgIpc) is 2.11. The number of rotatable bonds is 0. The zero-order valence-corrected chi connectivity index (χ0v) is 9.28. The predicted octanol–water partition coefficient (Wildman–Crippen LogP) is 3.05. The molecular formula is C7H10INS. The van der Waals surface area contributed by atoms with Gasteiger partial charge in [-0.25, -0.2) is 4.98 Å². The fourth-order valence-electron chi connectivity index (χ4n) is 0.599. The number of nitrogens with zero attached hydrogens (tertiary/aromatic N) is 1. The van der Waals surface area contributed by atoms with E-state index in [4.69, 9.17) is 0 Å². The zero-order chi connectivity index (χ0) is 7.78. The Bertz CT molecular complexity index is 224. The summed E-state index contributed by atoms with van der Waals surface area (Å²) in [6.07, 6.45) is 0. The lowest BCUT2D eigenvalue weighted by atomic mass is 9.98. The highest BCUT2D eigenvalue weighted by molar-refractivity contribution is 14.1. The van der Waals surface area contributed by atoms with Gasteiger partial charge in [0.2, 0.25) is 0 Å². The van der Waals surface area contributed by atoms with Gasteiger partial charge in [0.05, 0.1) is 5.01 Å². The van der Waals surface area contributed by atoms with Crippen molar-refractivity contribution in [2.75, 3.05) is 0 Å². The molecule has 56 valence electrons. The molecule has 1 nitrogen and oxygen atoms in total. The third-order valence-electron chi connectivity index (χ3n) is 1.12. The molecule has 3 heteroatoms. The average molecular weight is 267 g/mol. The maximum Gasteiger partial charge on any atom is 0.112 e. The van der Waals surface area contributed by atoms with Crippen molar-refractivity contribution in [2.45, 2.75) is 26.2 Å². The molecule has 1 rings (SSSR count). The first-order chi connectivity index (χ1) is 4.50. The summed E-state index contributed by atoms with van der Waals surface area (Å²) >= 11 is 3.98. The molecule has 1 heterocycles. The first kappa shape index (κ1) is 8.46. The lowest BCUT2D eigenvalue weighted by Gasteiger charge is -2.13. The highest BCUT2D eigenvalue weighted by atomic mass is 127. The molecule has 0 aliphatic rings. The van der Waals surface area contributed by atoms with Gasteiger partial charge in [0.25, 0.3) is 0 Å². The van der Waals surface area contributed by atoms with E-state index < -0.39 is 0 Å². The van der Waals surface area contributed by atoms with Crippen LogP contribution in [0.25, 0.3) is 0 Å². The normalized spacial score (nSPS) is 12.0. The van der Waals surface area contributed by atoms with E-state index >= 15 is 0 Å². The summed E-state index contributed by atoms with van der Waals surface area (Å²) in [4.78, 5) is 4.39. The molecule has 0 spiro atoms. The first-order valence-corrected chi connectivity index (χ1v) is 5.07. The highest BCUT2D eigenvalue weighted by Crippen LogP contribution is 2.25. The summed E-state index contributed by atoms with van der Waals surface area (Å²) in [5.74, 6) is 0. The summed E-state index contributed by atoms with van der Waals surface area (Å²) < 4.78 is 1.10. The summed E-state index contributed by atoms with van der Waals surface area (Å²) in [7, 11) is 0. The van der Waals surface area contributed by atoms with Crippen LogP contribution in [0, 0.1) is 3.70 Å². The van der Waals surface area contributed by atoms with Gasteiger partial charge in [-0.15, -0.1) is 11.3 Å². The van der Waals surface area contributed by atoms with E-state index in [1.54, 1.807) is 11.3 Å². The minimum atomic E-state index is 0.216. The minimum absolute atomic E-state index is 0.216. The SMILES string of the molecule is CC(C)(C)c1nc(I)cs1. The largest absolute Gasteiger partial charge is 0.235 e. The molecule has 0 atom stereocenters. The predicted molar refractivity (Wildman–Crippen MR) is 53.5 cm³/mol. The number of halogens is 1. The third-order valence-corrected chi connectivity index (χ3v) is 3.36. The molecule has 0 bridgehead atoms. The van der Waals surface area contributed by atoms with Crippen LogP contribution < -0.4 is 0 Å². The van der Waals surface area contributed by atoms with Gasteiger partial charge in [-0.2, -0.15) is 0 Å². The third kappa shape index (κ3) is 1.92. The van der Waals surface area contributed by atoms with Gasteiger partial charge < -0.3 is 0 Å². The molecule has 1 aromatic heterocycles. The van der Waals surface area contributed by atoms with Crippen LogP contribution in [0.3, 0.4) is 0 Å². The second kappa shape index (κ2) is 2.77. The number of hydrogen-bond donors (Lipinski definition) is 0. The van der Waals surface area contributed by atoms with Crippen molar-refractivity contribution < 1.29 is 0 Å². The minimum Gasteiger partial charge on any atom is -0.235 e. The number of thiazole rings is 1. The molecule has 10 heavy (non-hydrogen) atoms. The van der Waals surface area contributed by atoms with Gasteiger partial charge in [-0.05, 0) is 22.6 Å². The van der Waals surface area contributed by atoms with E-state index in [0.29, 0.717) is 0 Å². The van der Waals surface area contributed by atoms with Crippen LogP contribution in [-0.2, 0) is 5.41 Å². The van der Waals surface area contributed by atoms with Crippen LogP contribution in [0.2, 0.25) is 0 Å². The smallest absolute Gasteiger partial charge is 0.112 e. The van der Waals surface area contributed by atoms with Gasteiger partial charge in [0.15, 0.2) is 0 Å². The standard InChI is InChI=1S/C7H10INS/c1-7(2,3)6-9-5(8)4-10-6/h4H,1-3H3. The molecule has 0 N–H and O–H groups in total. The molecule has 0 saturated carbocycles. The quantitative estimate of drug-likeness (QED) is 0.658.